The zero-order valence-electron chi connectivity index (χ0n) is 8.74. The molecule has 6 heteroatoms. The monoisotopic (exact) mass is 262 g/mol. The van der Waals surface area contributed by atoms with Gasteiger partial charge in [-0.25, -0.2) is 5.84 Å². The number of hydrogen-bond donors (Lipinski definition) is 1. The lowest BCUT2D eigenvalue weighted by Crippen LogP contribution is -2.33. The van der Waals surface area contributed by atoms with E-state index in [1.165, 1.54) is 7.05 Å². The highest BCUT2D eigenvalue weighted by Gasteiger charge is 2.06. The van der Waals surface area contributed by atoms with Crippen molar-refractivity contribution >= 4 is 29.1 Å². The highest BCUT2D eigenvalue weighted by molar-refractivity contribution is 6.34. The molecular formula is C10H12Cl2N2O2. The molecule has 0 bridgehead atoms. The first kappa shape index (κ1) is 13.1. The predicted molar refractivity (Wildman–Crippen MR) is 63.5 cm³/mol. The molecule has 2 N–H and O–H groups in total. The molecule has 0 saturated carbocycles. The zero-order chi connectivity index (χ0) is 12.1. The standard InChI is InChI=1S/C10H12Cl2N2O2/c1-14(13)10(15)4-5-16-9-6-7(11)2-3-8(9)12/h2-3,6H,4-5,13H2,1H3. The van der Waals surface area contributed by atoms with Crippen molar-refractivity contribution in [2.75, 3.05) is 13.7 Å². The number of nitrogens with two attached hydrogens (primary N) is 1. The van der Waals surface area contributed by atoms with Gasteiger partial charge < -0.3 is 4.74 Å². The van der Waals surface area contributed by atoms with Gasteiger partial charge in [-0.05, 0) is 12.1 Å². The summed E-state index contributed by atoms with van der Waals surface area (Å²) in [6, 6.07) is 4.90. The number of ether oxygens (including phenoxy) is 1. The van der Waals surface area contributed by atoms with Gasteiger partial charge in [0.1, 0.15) is 5.75 Å². The van der Waals surface area contributed by atoms with Crippen LogP contribution < -0.4 is 10.6 Å². The van der Waals surface area contributed by atoms with Crippen molar-refractivity contribution in [1.82, 2.24) is 5.01 Å². The quantitative estimate of drug-likeness (QED) is 0.514. The van der Waals surface area contributed by atoms with Crippen molar-refractivity contribution in [3.05, 3.63) is 28.2 Å². The van der Waals surface area contributed by atoms with Crippen LogP contribution >= 0.6 is 23.2 Å². The molecule has 0 aliphatic rings. The minimum Gasteiger partial charge on any atom is -0.491 e. The van der Waals surface area contributed by atoms with Crippen LogP contribution in [0, 0.1) is 0 Å². The number of hydrazine groups is 1. The molecule has 0 heterocycles. The molecule has 0 spiro atoms. The molecule has 1 aromatic carbocycles. The van der Waals surface area contributed by atoms with Crippen molar-refractivity contribution in [2.45, 2.75) is 6.42 Å². The number of rotatable bonds is 4. The third kappa shape index (κ3) is 3.89. The Morgan fingerprint density at radius 3 is 2.81 bits per heavy atom. The topological polar surface area (TPSA) is 55.6 Å². The maximum Gasteiger partial charge on any atom is 0.239 e. The average Bonchev–Trinajstić information content (AvgIpc) is 2.22. The number of benzene rings is 1. The fraction of sp³-hybridized carbons (Fsp3) is 0.300. The third-order valence-corrected chi connectivity index (χ3v) is 2.41. The van der Waals surface area contributed by atoms with Gasteiger partial charge in [0.2, 0.25) is 5.91 Å². The lowest BCUT2D eigenvalue weighted by molar-refractivity contribution is -0.130. The molecule has 1 amide bonds. The summed E-state index contributed by atoms with van der Waals surface area (Å²) >= 11 is 11.6. The third-order valence-electron chi connectivity index (χ3n) is 1.86. The molecule has 4 nitrogen and oxygen atoms in total. The maximum atomic E-state index is 11.1. The van der Waals surface area contributed by atoms with Crippen molar-refractivity contribution in [3.63, 3.8) is 0 Å². The molecule has 88 valence electrons. The van der Waals surface area contributed by atoms with E-state index in [4.69, 9.17) is 33.8 Å². The number of nitrogens with zero attached hydrogens (tertiary/aromatic N) is 1. The minimum atomic E-state index is -0.210. The number of carbonyl (C=O) groups excluding carboxylic acids is 1. The van der Waals surface area contributed by atoms with Crippen molar-refractivity contribution in [1.29, 1.82) is 0 Å². The lowest BCUT2D eigenvalue weighted by atomic mass is 10.3. The lowest BCUT2D eigenvalue weighted by Gasteiger charge is -2.11. The number of hydrogen-bond acceptors (Lipinski definition) is 3. The van der Waals surface area contributed by atoms with Crippen LogP contribution in [0.2, 0.25) is 10.0 Å². The molecule has 0 aromatic heterocycles. The summed E-state index contributed by atoms with van der Waals surface area (Å²) in [7, 11) is 1.48. The Morgan fingerprint density at radius 2 is 2.19 bits per heavy atom. The van der Waals surface area contributed by atoms with E-state index in [1.54, 1.807) is 18.2 Å². The largest absolute Gasteiger partial charge is 0.491 e. The van der Waals surface area contributed by atoms with Gasteiger partial charge in [0.25, 0.3) is 0 Å². The van der Waals surface area contributed by atoms with E-state index in [1.807, 2.05) is 0 Å². The van der Waals surface area contributed by atoms with Gasteiger partial charge in [0, 0.05) is 18.1 Å². The number of carbonyl (C=O) groups is 1. The van der Waals surface area contributed by atoms with E-state index in [0.717, 1.165) is 5.01 Å². The van der Waals surface area contributed by atoms with E-state index in [-0.39, 0.29) is 18.9 Å². The highest BCUT2D eigenvalue weighted by atomic mass is 35.5. The molecule has 0 aliphatic heterocycles. The molecule has 0 atom stereocenters. The smallest absolute Gasteiger partial charge is 0.239 e. The van der Waals surface area contributed by atoms with E-state index >= 15 is 0 Å². The predicted octanol–water partition coefficient (Wildman–Crippen LogP) is 2.09. The van der Waals surface area contributed by atoms with Crippen LogP contribution in [0.1, 0.15) is 6.42 Å². The molecule has 16 heavy (non-hydrogen) atoms. The van der Waals surface area contributed by atoms with Gasteiger partial charge in [-0.15, -0.1) is 0 Å². The summed E-state index contributed by atoms with van der Waals surface area (Å²) in [5.41, 5.74) is 0. The van der Waals surface area contributed by atoms with E-state index in [9.17, 15) is 4.79 Å². The Labute approximate surface area is 104 Å². The first-order valence-electron chi connectivity index (χ1n) is 4.60. The Hall–Kier alpha value is -0.970. The molecule has 0 radical (unpaired) electrons. The molecule has 1 rings (SSSR count). The number of halogens is 2. The summed E-state index contributed by atoms with van der Waals surface area (Å²) in [6.45, 7) is 0.209. The van der Waals surface area contributed by atoms with Gasteiger partial charge >= 0.3 is 0 Å². The van der Waals surface area contributed by atoms with Crippen LogP contribution in [0.3, 0.4) is 0 Å². The zero-order valence-corrected chi connectivity index (χ0v) is 10.3. The van der Waals surface area contributed by atoms with Crippen LogP contribution in [0.25, 0.3) is 0 Å². The highest BCUT2D eigenvalue weighted by Crippen LogP contribution is 2.27. The fourth-order valence-corrected chi connectivity index (χ4v) is 1.35. The van der Waals surface area contributed by atoms with Crippen molar-refractivity contribution in [2.24, 2.45) is 5.84 Å². The van der Waals surface area contributed by atoms with Crippen molar-refractivity contribution < 1.29 is 9.53 Å². The maximum absolute atomic E-state index is 11.1. The summed E-state index contributed by atoms with van der Waals surface area (Å²) in [6.07, 6.45) is 0.190. The summed E-state index contributed by atoms with van der Waals surface area (Å²) in [5, 5.41) is 2.00. The Morgan fingerprint density at radius 1 is 1.50 bits per heavy atom. The molecular weight excluding hydrogens is 251 g/mol. The minimum absolute atomic E-state index is 0.190. The van der Waals surface area contributed by atoms with Gasteiger partial charge in [-0.1, -0.05) is 23.2 Å². The van der Waals surface area contributed by atoms with E-state index in [2.05, 4.69) is 0 Å². The number of amides is 1. The molecule has 0 aliphatic carbocycles. The second-order valence-corrected chi connectivity index (χ2v) is 4.02. The van der Waals surface area contributed by atoms with Crippen LogP contribution in [0.4, 0.5) is 0 Å². The van der Waals surface area contributed by atoms with Gasteiger partial charge in [-0.3, -0.25) is 9.80 Å². The molecule has 1 aromatic rings. The summed E-state index contributed by atoms with van der Waals surface area (Å²) < 4.78 is 5.32. The van der Waals surface area contributed by atoms with Crippen LogP contribution in [-0.4, -0.2) is 24.6 Å². The van der Waals surface area contributed by atoms with Crippen LogP contribution in [0.5, 0.6) is 5.75 Å². The van der Waals surface area contributed by atoms with Crippen LogP contribution in [-0.2, 0) is 4.79 Å². The van der Waals surface area contributed by atoms with Gasteiger partial charge in [0.05, 0.1) is 18.1 Å². The first-order chi connectivity index (χ1) is 7.50. The van der Waals surface area contributed by atoms with E-state index < -0.39 is 0 Å². The molecule has 0 unspecified atom stereocenters. The van der Waals surface area contributed by atoms with Gasteiger partial charge in [0.15, 0.2) is 0 Å². The second-order valence-electron chi connectivity index (χ2n) is 3.18. The summed E-state index contributed by atoms with van der Waals surface area (Å²) in [4.78, 5) is 11.1. The van der Waals surface area contributed by atoms with Crippen LogP contribution in [0.15, 0.2) is 18.2 Å². The SMILES string of the molecule is CN(N)C(=O)CCOc1cc(Cl)ccc1Cl. The first-order valence-corrected chi connectivity index (χ1v) is 5.35. The molecule has 0 saturated heterocycles. The van der Waals surface area contributed by atoms with Crippen molar-refractivity contribution in [3.8, 4) is 5.75 Å². The van der Waals surface area contributed by atoms with E-state index in [0.29, 0.717) is 15.8 Å². The second kappa shape index (κ2) is 5.94. The fourth-order valence-electron chi connectivity index (χ4n) is 1.01. The Kier molecular flexibility index (Phi) is 4.86. The average molecular weight is 263 g/mol. The van der Waals surface area contributed by atoms with Gasteiger partial charge in [-0.2, -0.15) is 0 Å². The molecule has 0 fully saturated rings. The Balaban J connectivity index is 2.49. The Bertz CT molecular complexity index is 383. The summed E-state index contributed by atoms with van der Waals surface area (Å²) in [5.74, 6) is 5.50. The normalized spacial score (nSPS) is 10.0.